The van der Waals surface area contributed by atoms with E-state index in [4.69, 9.17) is 18.9 Å². The number of hydrogen-bond donors (Lipinski definition) is 0. The first kappa shape index (κ1) is 17.9. The maximum Gasteiger partial charge on any atom is 0.257 e. The summed E-state index contributed by atoms with van der Waals surface area (Å²) in [6.07, 6.45) is 5.98. The van der Waals surface area contributed by atoms with E-state index in [0.29, 0.717) is 5.88 Å². The lowest BCUT2D eigenvalue weighted by Crippen LogP contribution is -2.47. The van der Waals surface area contributed by atoms with Crippen molar-refractivity contribution in [2.75, 3.05) is 45.9 Å². The summed E-state index contributed by atoms with van der Waals surface area (Å²) in [6, 6.07) is 4.18. The number of piperidine rings is 1. The molecule has 0 N–H and O–H groups in total. The summed E-state index contributed by atoms with van der Waals surface area (Å²) in [5.41, 5.74) is 2.21. The van der Waals surface area contributed by atoms with E-state index < -0.39 is 0 Å². The van der Waals surface area contributed by atoms with Crippen LogP contribution in [0.5, 0.6) is 17.4 Å². The molecule has 4 rings (SSSR count). The minimum atomic E-state index is -0.293. The van der Waals surface area contributed by atoms with E-state index in [0.717, 1.165) is 56.3 Å². The Balaban J connectivity index is 1.62. The SMILES string of the molecule is COc1cc2c(cc1OC)C1(CCN(c3nccnc3OC)CC1)OCC2. The van der Waals surface area contributed by atoms with Gasteiger partial charge in [-0.1, -0.05) is 0 Å². The Morgan fingerprint density at radius 1 is 0.963 bits per heavy atom. The molecule has 2 aliphatic rings. The van der Waals surface area contributed by atoms with Gasteiger partial charge in [-0.2, -0.15) is 0 Å². The molecule has 0 saturated carbocycles. The molecule has 1 aromatic heterocycles. The topological polar surface area (TPSA) is 65.9 Å². The second-order valence-corrected chi connectivity index (χ2v) is 6.83. The van der Waals surface area contributed by atoms with Gasteiger partial charge < -0.3 is 23.8 Å². The average molecular weight is 371 g/mol. The third-order valence-electron chi connectivity index (χ3n) is 5.56. The van der Waals surface area contributed by atoms with E-state index in [1.807, 2.05) is 0 Å². The molecular weight excluding hydrogens is 346 g/mol. The lowest BCUT2D eigenvalue weighted by atomic mass is 9.79. The van der Waals surface area contributed by atoms with Gasteiger partial charge in [-0.15, -0.1) is 0 Å². The highest BCUT2D eigenvalue weighted by atomic mass is 16.5. The van der Waals surface area contributed by atoms with Crippen LogP contribution in [0.15, 0.2) is 24.5 Å². The summed E-state index contributed by atoms with van der Waals surface area (Å²) < 4.78 is 22.7. The Morgan fingerprint density at radius 2 is 1.67 bits per heavy atom. The van der Waals surface area contributed by atoms with Crippen LogP contribution in [0, 0.1) is 0 Å². The lowest BCUT2D eigenvalue weighted by Gasteiger charge is -2.45. The summed E-state index contributed by atoms with van der Waals surface area (Å²) in [6.45, 7) is 2.36. The largest absolute Gasteiger partial charge is 0.493 e. The Labute approximate surface area is 159 Å². The van der Waals surface area contributed by atoms with Crippen molar-refractivity contribution in [3.8, 4) is 17.4 Å². The number of fused-ring (bicyclic) bond motifs is 2. The normalized spacial score (nSPS) is 18.1. The number of anilines is 1. The maximum atomic E-state index is 6.36. The zero-order valence-corrected chi connectivity index (χ0v) is 16.0. The molecule has 1 spiro atoms. The molecule has 7 heteroatoms. The van der Waals surface area contributed by atoms with E-state index in [2.05, 4.69) is 27.0 Å². The first-order valence-corrected chi connectivity index (χ1v) is 9.20. The van der Waals surface area contributed by atoms with Crippen LogP contribution in [0.25, 0.3) is 0 Å². The summed E-state index contributed by atoms with van der Waals surface area (Å²) in [7, 11) is 4.97. The van der Waals surface area contributed by atoms with Gasteiger partial charge >= 0.3 is 0 Å². The molecule has 2 aliphatic heterocycles. The van der Waals surface area contributed by atoms with E-state index in [1.54, 1.807) is 33.7 Å². The maximum absolute atomic E-state index is 6.36. The molecule has 1 aromatic carbocycles. The molecule has 1 saturated heterocycles. The Kier molecular flexibility index (Phi) is 4.78. The van der Waals surface area contributed by atoms with Gasteiger partial charge in [0, 0.05) is 25.5 Å². The molecule has 0 aliphatic carbocycles. The van der Waals surface area contributed by atoms with Gasteiger partial charge in [0.1, 0.15) is 0 Å². The average Bonchev–Trinajstić information content (AvgIpc) is 2.73. The fourth-order valence-electron chi connectivity index (χ4n) is 4.16. The monoisotopic (exact) mass is 371 g/mol. The van der Waals surface area contributed by atoms with Gasteiger partial charge in [0.25, 0.3) is 5.88 Å². The fraction of sp³-hybridized carbons (Fsp3) is 0.500. The molecule has 2 aromatic rings. The summed E-state index contributed by atoms with van der Waals surface area (Å²) in [5.74, 6) is 2.87. The molecule has 0 radical (unpaired) electrons. The van der Waals surface area contributed by atoms with Gasteiger partial charge in [0.05, 0.1) is 33.5 Å². The van der Waals surface area contributed by atoms with Crippen LogP contribution in [0.3, 0.4) is 0 Å². The standard InChI is InChI=1S/C20H25N3O4/c1-24-16-12-14-4-11-27-20(15(14)13-17(16)25-2)5-9-23(10-6-20)18-19(26-3)22-8-7-21-18/h7-8,12-13H,4-6,9-11H2,1-3H3. The van der Waals surface area contributed by atoms with Crippen molar-refractivity contribution >= 4 is 5.82 Å². The van der Waals surface area contributed by atoms with E-state index in [-0.39, 0.29) is 5.60 Å². The van der Waals surface area contributed by atoms with Crippen LogP contribution >= 0.6 is 0 Å². The smallest absolute Gasteiger partial charge is 0.257 e. The Bertz CT molecular complexity index is 819. The number of nitrogens with zero attached hydrogens (tertiary/aromatic N) is 3. The molecule has 0 unspecified atom stereocenters. The number of aromatic nitrogens is 2. The van der Waals surface area contributed by atoms with Gasteiger partial charge in [-0.25, -0.2) is 9.97 Å². The van der Waals surface area contributed by atoms with Crippen LogP contribution in [0.1, 0.15) is 24.0 Å². The number of methoxy groups -OCH3 is 3. The molecule has 27 heavy (non-hydrogen) atoms. The predicted octanol–water partition coefficient (Wildman–Crippen LogP) is 2.57. The third-order valence-corrected chi connectivity index (χ3v) is 5.56. The van der Waals surface area contributed by atoms with Crippen molar-refractivity contribution in [3.63, 3.8) is 0 Å². The van der Waals surface area contributed by atoms with Crippen LogP contribution < -0.4 is 19.1 Å². The van der Waals surface area contributed by atoms with Crippen molar-refractivity contribution < 1.29 is 18.9 Å². The van der Waals surface area contributed by atoms with E-state index >= 15 is 0 Å². The van der Waals surface area contributed by atoms with Gasteiger partial charge in [-0.05, 0) is 42.5 Å². The zero-order chi connectivity index (χ0) is 18.9. The van der Waals surface area contributed by atoms with E-state index in [1.165, 1.54) is 11.1 Å². The quantitative estimate of drug-likeness (QED) is 0.818. The minimum Gasteiger partial charge on any atom is -0.493 e. The Morgan fingerprint density at radius 3 is 2.37 bits per heavy atom. The number of hydrogen-bond acceptors (Lipinski definition) is 7. The highest BCUT2D eigenvalue weighted by molar-refractivity contribution is 5.52. The number of benzene rings is 1. The molecule has 144 valence electrons. The van der Waals surface area contributed by atoms with Crippen molar-refractivity contribution in [1.82, 2.24) is 9.97 Å². The summed E-state index contributed by atoms with van der Waals surface area (Å²) >= 11 is 0. The van der Waals surface area contributed by atoms with Gasteiger partial charge in [0.15, 0.2) is 17.3 Å². The van der Waals surface area contributed by atoms with E-state index in [9.17, 15) is 0 Å². The first-order chi connectivity index (χ1) is 13.2. The highest BCUT2D eigenvalue weighted by Crippen LogP contribution is 2.46. The van der Waals surface area contributed by atoms with Crippen molar-refractivity contribution in [1.29, 1.82) is 0 Å². The van der Waals surface area contributed by atoms with Crippen LogP contribution in [-0.2, 0) is 16.8 Å². The third kappa shape index (κ3) is 3.06. The summed E-state index contributed by atoms with van der Waals surface area (Å²) in [4.78, 5) is 10.9. The molecular formula is C20H25N3O4. The van der Waals surface area contributed by atoms with Crippen molar-refractivity contribution in [2.45, 2.75) is 24.9 Å². The summed E-state index contributed by atoms with van der Waals surface area (Å²) in [5, 5.41) is 0. The molecule has 0 bridgehead atoms. The molecule has 7 nitrogen and oxygen atoms in total. The minimum absolute atomic E-state index is 0.293. The number of ether oxygens (including phenoxy) is 4. The van der Waals surface area contributed by atoms with Crippen molar-refractivity contribution in [3.05, 3.63) is 35.7 Å². The van der Waals surface area contributed by atoms with Crippen LogP contribution in [0.4, 0.5) is 5.82 Å². The van der Waals surface area contributed by atoms with Crippen molar-refractivity contribution in [2.24, 2.45) is 0 Å². The Hall–Kier alpha value is -2.54. The molecule has 1 fully saturated rings. The second kappa shape index (κ2) is 7.23. The van der Waals surface area contributed by atoms with Gasteiger partial charge in [0.2, 0.25) is 0 Å². The van der Waals surface area contributed by atoms with Gasteiger partial charge in [-0.3, -0.25) is 0 Å². The fourth-order valence-corrected chi connectivity index (χ4v) is 4.16. The first-order valence-electron chi connectivity index (χ1n) is 9.20. The van der Waals surface area contributed by atoms with Crippen LogP contribution in [0.2, 0.25) is 0 Å². The molecule has 3 heterocycles. The number of rotatable bonds is 4. The molecule has 0 amide bonds. The lowest BCUT2D eigenvalue weighted by molar-refractivity contribution is -0.0769. The predicted molar refractivity (Wildman–Crippen MR) is 101 cm³/mol. The highest BCUT2D eigenvalue weighted by Gasteiger charge is 2.42. The van der Waals surface area contributed by atoms with Crippen LogP contribution in [-0.4, -0.2) is 51.0 Å². The molecule has 0 atom stereocenters. The zero-order valence-electron chi connectivity index (χ0n) is 16.0. The second-order valence-electron chi connectivity index (χ2n) is 6.83.